The Labute approximate surface area is 115 Å². The van der Waals surface area contributed by atoms with Crippen molar-refractivity contribution in [3.8, 4) is 0 Å². The lowest BCUT2D eigenvalue weighted by Gasteiger charge is -2.07. The van der Waals surface area contributed by atoms with Crippen molar-refractivity contribution in [2.45, 2.75) is 26.4 Å². The predicted molar refractivity (Wildman–Crippen MR) is 67.1 cm³/mol. The summed E-state index contributed by atoms with van der Waals surface area (Å²) in [6.45, 7) is 1.68. The molecule has 0 N–H and O–H groups in total. The van der Waals surface area contributed by atoms with E-state index in [1.807, 2.05) is 0 Å². The van der Waals surface area contributed by atoms with Crippen molar-refractivity contribution in [1.29, 1.82) is 0 Å². The Morgan fingerprint density at radius 3 is 2.42 bits per heavy atom. The first-order valence-electron chi connectivity index (χ1n) is 5.78. The van der Waals surface area contributed by atoms with Gasteiger partial charge in [0, 0.05) is 5.56 Å². The number of carbonyl (C=O) groups excluding carboxylic acids is 2. The molecule has 0 heterocycles. The highest BCUT2D eigenvalue weighted by Crippen LogP contribution is 2.19. The summed E-state index contributed by atoms with van der Waals surface area (Å²) in [5.41, 5.74) is 0.119. The minimum Gasteiger partial charge on any atom is -0.466 e. The van der Waals surface area contributed by atoms with Crippen LogP contribution in [0.5, 0.6) is 0 Å². The first-order chi connectivity index (χ1) is 9.04. The summed E-state index contributed by atoms with van der Waals surface area (Å²) in [6, 6.07) is 4.20. The quantitative estimate of drug-likeness (QED) is 0.755. The van der Waals surface area contributed by atoms with Crippen LogP contribution in [0.25, 0.3) is 0 Å². The third-order valence-corrected chi connectivity index (χ3v) is 2.63. The highest BCUT2D eigenvalue weighted by atomic mass is 35.5. The standard InChI is InChI=1S/C13H14ClFO4/c1-2-18-12(16)6-7-13(17)19-8-9-10(14)4-3-5-11(9)15/h3-5H,2,6-8H2,1H3. The Morgan fingerprint density at radius 1 is 1.21 bits per heavy atom. The van der Waals surface area contributed by atoms with Gasteiger partial charge in [0.05, 0.1) is 24.5 Å². The van der Waals surface area contributed by atoms with Crippen molar-refractivity contribution in [2.24, 2.45) is 0 Å². The molecular weight excluding hydrogens is 275 g/mol. The topological polar surface area (TPSA) is 52.6 Å². The monoisotopic (exact) mass is 288 g/mol. The summed E-state index contributed by atoms with van der Waals surface area (Å²) in [5.74, 6) is -1.61. The maximum atomic E-state index is 13.4. The second-order valence-corrected chi connectivity index (χ2v) is 4.07. The van der Waals surface area contributed by atoms with E-state index in [-0.39, 0.29) is 36.6 Å². The molecule has 0 aliphatic carbocycles. The van der Waals surface area contributed by atoms with E-state index in [1.54, 1.807) is 6.92 Å². The van der Waals surface area contributed by atoms with Crippen LogP contribution in [-0.4, -0.2) is 18.5 Å². The zero-order chi connectivity index (χ0) is 14.3. The van der Waals surface area contributed by atoms with Gasteiger partial charge in [0.25, 0.3) is 0 Å². The number of benzene rings is 1. The molecule has 0 bridgehead atoms. The molecule has 0 spiro atoms. The van der Waals surface area contributed by atoms with E-state index >= 15 is 0 Å². The van der Waals surface area contributed by atoms with Gasteiger partial charge in [-0.3, -0.25) is 9.59 Å². The molecule has 1 rings (SSSR count). The Kier molecular flexibility index (Phi) is 6.29. The Hall–Kier alpha value is -1.62. The van der Waals surface area contributed by atoms with Crippen LogP contribution in [0.15, 0.2) is 18.2 Å². The van der Waals surface area contributed by atoms with Gasteiger partial charge in [0.2, 0.25) is 0 Å². The molecule has 0 unspecified atom stereocenters. The van der Waals surface area contributed by atoms with Crippen molar-refractivity contribution < 1.29 is 23.5 Å². The van der Waals surface area contributed by atoms with E-state index in [4.69, 9.17) is 16.3 Å². The number of esters is 2. The minimum absolute atomic E-state index is 0.0579. The number of hydrogen-bond donors (Lipinski definition) is 0. The highest BCUT2D eigenvalue weighted by Gasteiger charge is 2.12. The molecule has 0 aliphatic rings. The van der Waals surface area contributed by atoms with Crippen LogP contribution in [-0.2, 0) is 25.7 Å². The lowest BCUT2D eigenvalue weighted by Crippen LogP contribution is -2.10. The number of hydrogen-bond acceptors (Lipinski definition) is 4. The summed E-state index contributed by atoms with van der Waals surface area (Å²) in [7, 11) is 0. The van der Waals surface area contributed by atoms with Crippen molar-refractivity contribution in [3.63, 3.8) is 0 Å². The maximum absolute atomic E-state index is 13.4. The van der Waals surface area contributed by atoms with Crippen molar-refractivity contribution in [3.05, 3.63) is 34.6 Å². The van der Waals surface area contributed by atoms with Crippen molar-refractivity contribution in [2.75, 3.05) is 6.61 Å². The van der Waals surface area contributed by atoms with Gasteiger partial charge in [-0.15, -0.1) is 0 Å². The second kappa shape index (κ2) is 7.74. The molecule has 0 saturated carbocycles. The highest BCUT2D eigenvalue weighted by molar-refractivity contribution is 6.31. The predicted octanol–water partition coefficient (Wildman–Crippen LogP) is 2.87. The summed E-state index contributed by atoms with van der Waals surface area (Å²) in [5, 5.41) is 0.193. The molecule has 0 saturated heterocycles. The fourth-order valence-corrected chi connectivity index (χ4v) is 1.55. The van der Waals surface area contributed by atoms with Gasteiger partial charge in [-0.2, -0.15) is 0 Å². The van der Waals surface area contributed by atoms with E-state index in [1.165, 1.54) is 18.2 Å². The molecule has 0 fully saturated rings. The normalized spacial score (nSPS) is 10.1. The van der Waals surface area contributed by atoms with Crippen LogP contribution >= 0.6 is 11.6 Å². The smallest absolute Gasteiger partial charge is 0.306 e. The average Bonchev–Trinajstić information content (AvgIpc) is 2.36. The van der Waals surface area contributed by atoms with Crippen LogP contribution in [0.2, 0.25) is 5.02 Å². The zero-order valence-corrected chi connectivity index (χ0v) is 11.2. The van der Waals surface area contributed by atoms with Crippen LogP contribution in [0.4, 0.5) is 4.39 Å². The van der Waals surface area contributed by atoms with E-state index in [9.17, 15) is 14.0 Å². The van der Waals surface area contributed by atoms with Crippen LogP contribution in [0.3, 0.4) is 0 Å². The number of ether oxygens (including phenoxy) is 2. The number of rotatable bonds is 6. The summed E-state index contributed by atoms with van der Waals surface area (Å²) >= 11 is 5.78. The molecule has 0 aliphatic heterocycles. The number of carbonyl (C=O) groups is 2. The van der Waals surface area contributed by atoms with Gasteiger partial charge in [-0.05, 0) is 19.1 Å². The molecule has 1 aromatic rings. The van der Waals surface area contributed by atoms with Gasteiger partial charge in [-0.25, -0.2) is 4.39 Å². The second-order valence-electron chi connectivity index (χ2n) is 3.67. The maximum Gasteiger partial charge on any atom is 0.306 e. The van der Waals surface area contributed by atoms with Gasteiger partial charge < -0.3 is 9.47 Å². The molecule has 0 radical (unpaired) electrons. The third-order valence-electron chi connectivity index (χ3n) is 2.28. The average molecular weight is 289 g/mol. The largest absolute Gasteiger partial charge is 0.466 e. The van der Waals surface area contributed by atoms with E-state index in [2.05, 4.69) is 4.74 Å². The fraction of sp³-hybridized carbons (Fsp3) is 0.385. The fourth-order valence-electron chi connectivity index (χ4n) is 1.33. The Balaban J connectivity index is 2.40. The first-order valence-corrected chi connectivity index (χ1v) is 6.16. The molecule has 104 valence electrons. The summed E-state index contributed by atoms with van der Waals surface area (Å²) < 4.78 is 22.9. The number of halogens is 2. The zero-order valence-electron chi connectivity index (χ0n) is 10.4. The molecule has 0 atom stereocenters. The van der Waals surface area contributed by atoms with Crippen LogP contribution in [0.1, 0.15) is 25.3 Å². The van der Waals surface area contributed by atoms with Gasteiger partial charge in [0.1, 0.15) is 12.4 Å². The van der Waals surface area contributed by atoms with E-state index in [0.29, 0.717) is 0 Å². The molecular formula is C13H14ClFO4. The van der Waals surface area contributed by atoms with Crippen molar-refractivity contribution in [1.82, 2.24) is 0 Å². The lowest BCUT2D eigenvalue weighted by atomic mass is 10.2. The van der Waals surface area contributed by atoms with Crippen LogP contribution in [0, 0.1) is 5.82 Å². The van der Waals surface area contributed by atoms with E-state index < -0.39 is 17.8 Å². The minimum atomic E-state index is -0.604. The van der Waals surface area contributed by atoms with Crippen molar-refractivity contribution >= 4 is 23.5 Å². The first kappa shape index (κ1) is 15.4. The SMILES string of the molecule is CCOC(=O)CCC(=O)OCc1c(F)cccc1Cl. The van der Waals surface area contributed by atoms with Gasteiger partial charge in [0.15, 0.2) is 0 Å². The lowest BCUT2D eigenvalue weighted by molar-refractivity contribution is -0.150. The molecule has 4 nitrogen and oxygen atoms in total. The molecule has 19 heavy (non-hydrogen) atoms. The molecule has 0 aromatic heterocycles. The molecule has 6 heteroatoms. The summed E-state index contributed by atoms with van der Waals surface area (Å²) in [4.78, 5) is 22.4. The third kappa shape index (κ3) is 5.26. The van der Waals surface area contributed by atoms with Crippen LogP contribution < -0.4 is 0 Å². The molecule has 0 amide bonds. The Morgan fingerprint density at radius 2 is 1.84 bits per heavy atom. The summed E-state index contributed by atoms with van der Waals surface area (Å²) in [6.07, 6.45) is -0.164. The molecule has 1 aromatic carbocycles. The Bertz CT molecular complexity index is 442. The van der Waals surface area contributed by atoms with Gasteiger partial charge in [-0.1, -0.05) is 17.7 Å². The van der Waals surface area contributed by atoms with E-state index in [0.717, 1.165) is 0 Å². The van der Waals surface area contributed by atoms with Gasteiger partial charge >= 0.3 is 11.9 Å².